The molecule has 0 unspecified atom stereocenters. The predicted octanol–water partition coefficient (Wildman–Crippen LogP) is 9.36. The molecule has 0 spiro atoms. The van der Waals surface area contributed by atoms with Gasteiger partial charge in [0.1, 0.15) is 0 Å². The molecule has 0 atom stereocenters. The highest BCUT2D eigenvalue weighted by molar-refractivity contribution is 7.18. The Morgan fingerprint density at radius 2 is 1.04 bits per heavy atom. The summed E-state index contributed by atoms with van der Waals surface area (Å²) in [6.45, 7) is 28.1. The molecule has 0 saturated heterocycles. The highest BCUT2D eigenvalue weighted by Crippen LogP contribution is 2.30. The standard InChI is InChI=1S/C11H13NS.2C5H12.C2H6.CH4/c1-11(2,3)10-12-8-6-4-5-7-9(8)13-10;2*1-5(2,3)4;1-2;/h4-7H,1-3H3;2*1-4H3;1-2H3;1H4. The molecule has 154 valence electrons. The van der Waals surface area contributed by atoms with Gasteiger partial charge < -0.3 is 0 Å². The molecule has 26 heavy (non-hydrogen) atoms. The number of hydrogen-bond donors (Lipinski definition) is 0. The summed E-state index contributed by atoms with van der Waals surface area (Å²) in [7, 11) is 0. The lowest BCUT2D eigenvalue weighted by atomic mass is 9.98. The minimum absolute atomic E-state index is 0. The summed E-state index contributed by atoms with van der Waals surface area (Å²) in [6, 6.07) is 8.30. The first kappa shape index (κ1) is 29.9. The number of nitrogens with zero attached hydrogens (tertiary/aromatic N) is 1. The molecule has 2 rings (SSSR count). The van der Waals surface area contributed by atoms with Crippen LogP contribution in [0.3, 0.4) is 0 Å². The minimum Gasteiger partial charge on any atom is -0.241 e. The Morgan fingerprint density at radius 3 is 1.35 bits per heavy atom. The van der Waals surface area contributed by atoms with Crippen molar-refractivity contribution in [2.45, 2.75) is 103 Å². The van der Waals surface area contributed by atoms with E-state index >= 15 is 0 Å². The zero-order chi connectivity index (χ0) is 20.5. The normalized spacial score (nSPS) is 11.0. The fourth-order valence-corrected chi connectivity index (χ4v) is 2.22. The van der Waals surface area contributed by atoms with Gasteiger partial charge in [0.05, 0.1) is 15.2 Å². The molecular weight excluding hydrogens is 334 g/mol. The van der Waals surface area contributed by atoms with Crippen LogP contribution in [0.4, 0.5) is 0 Å². The third-order valence-corrected chi connectivity index (χ3v) is 3.40. The lowest BCUT2D eigenvalue weighted by Gasteiger charge is -2.13. The van der Waals surface area contributed by atoms with Crippen LogP contribution in [-0.4, -0.2) is 4.98 Å². The summed E-state index contributed by atoms with van der Waals surface area (Å²) in [6.07, 6.45) is 0. The summed E-state index contributed by atoms with van der Waals surface area (Å²) in [4.78, 5) is 4.60. The smallest absolute Gasteiger partial charge is 0.0992 e. The van der Waals surface area contributed by atoms with E-state index in [1.54, 1.807) is 11.3 Å². The van der Waals surface area contributed by atoms with Crippen LogP contribution in [0.2, 0.25) is 0 Å². The van der Waals surface area contributed by atoms with Gasteiger partial charge in [0, 0.05) is 5.41 Å². The first-order valence-electron chi connectivity index (χ1n) is 9.43. The predicted molar refractivity (Wildman–Crippen MR) is 127 cm³/mol. The maximum Gasteiger partial charge on any atom is 0.0992 e. The summed E-state index contributed by atoms with van der Waals surface area (Å²) >= 11 is 1.79. The zero-order valence-electron chi connectivity index (χ0n) is 19.2. The first-order valence-corrected chi connectivity index (χ1v) is 10.2. The van der Waals surface area contributed by atoms with Crippen molar-refractivity contribution in [3.8, 4) is 0 Å². The van der Waals surface area contributed by atoms with Crippen LogP contribution < -0.4 is 0 Å². The minimum atomic E-state index is 0. The van der Waals surface area contributed by atoms with Crippen LogP contribution in [0.1, 0.15) is 102 Å². The van der Waals surface area contributed by atoms with Crippen molar-refractivity contribution in [2.75, 3.05) is 0 Å². The van der Waals surface area contributed by atoms with E-state index in [0.29, 0.717) is 10.8 Å². The molecule has 1 heterocycles. The maximum absolute atomic E-state index is 4.60. The number of rotatable bonds is 0. The topological polar surface area (TPSA) is 12.9 Å². The summed E-state index contributed by atoms with van der Waals surface area (Å²) in [5.41, 5.74) is 2.29. The molecule has 1 aromatic carbocycles. The average Bonchev–Trinajstić information content (AvgIpc) is 2.81. The van der Waals surface area contributed by atoms with Crippen LogP contribution in [0.15, 0.2) is 24.3 Å². The Labute approximate surface area is 169 Å². The lowest BCUT2D eigenvalue weighted by Crippen LogP contribution is -2.09. The van der Waals surface area contributed by atoms with E-state index in [0.717, 1.165) is 5.52 Å². The second-order valence-corrected chi connectivity index (χ2v) is 11.3. The van der Waals surface area contributed by atoms with E-state index in [2.05, 4.69) is 99.3 Å². The van der Waals surface area contributed by atoms with Gasteiger partial charge in [-0.1, -0.05) is 110 Å². The molecular formula is C24H47NS. The Kier molecular flexibility index (Phi) is 14.3. The summed E-state index contributed by atoms with van der Waals surface area (Å²) < 4.78 is 1.28. The largest absolute Gasteiger partial charge is 0.241 e. The second-order valence-electron chi connectivity index (χ2n) is 10.2. The van der Waals surface area contributed by atoms with Crippen LogP contribution in [0, 0.1) is 10.8 Å². The van der Waals surface area contributed by atoms with Gasteiger partial charge in [0.15, 0.2) is 0 Å². The fourth-order valence-electron chi connectivity index (χ4n) is 1.19. The van der Waals surface area contributed by atoms with Gasteiger partial charge in [-0.15, -0.1) is 11.3 Å². The van der Waals surface area contributed by atoms with E-state index < -0.39 is 0 Å². The van der Waals surface area contributed by atoms with Crippen LogP contribution >= 0.6 is 11.3 Å². The number of para-hydroxylation sites is 1. The Balaban J connectivity index is -0.000000345. The van der Waals surface area contributed by atoms with Crippen molar-refractivity contribution in [3.63, 3.8) is 0 Å². The number of aromatic nitrogens is 1. The van der Waals surface area contributed by atoms with E-state index in [1.807, 2.05) is 19.9 Å². The van der Waals surface area contributed by atoms with Crippen molar-refractivity contribution < 1.29 is 0 Å². The van der Waals surface area contributed by atoms with Crippen molar-refractivity contribution in [1.29, 1.82) is 0 Å². The second kappa shape index (κ2) is 12.5. The quantitative estimate of drug-likeness (QED) is 0.443. The van der Waals surface area contributed by atoms with Gasteiger partial charge in [-0.2, -0.15) is 0 Å². The molecule has 0 aliphatic rings. The van der Waals surface area contributed by atoms with E-state index in [-0.39, 0.29) is 12.8 Å². The summed E-state index contributed by atoms with van der Waals surface area (Å²) in [5.74, 6) is 0. The van der Waals surface area contributed by atoms with E-state index in [9.17, 15) is 0 Å². The van der Waals surface area contributed by atoms with Gasteiger partial charge in [0.2, 0.25) is 0 Å². The molecule has 0 amide bonds. The first-order chi connectivity index (χ1) is 11.1. The lowest BCUT2D eigenvalue weighted by molar-refractivity contribution is 0.469. The molecule has 0 aliphatic heterocycles. The Morgan fingerprint density at radius 1 is 0.692 bits per heavy atom. The molecule has 2 aromatic rings. The third kappa shape index (κ3) is 19.4. The van der Waals surface area contributed by atoms with E-state index in [4.69, 9.17) is 0 Å². The van der Waals surface area contributed by atoms with Crippen molar-refractivity contribution in [3.05, 3.63) is 29.3 Å². The SMILES string of the molecule is C.CC.CC(C)(C)C.CC(C)(C)C.CC(C)(C)c1nc2ccccc2s1. The van der Waals surface area contributed by atoms with Gasteiger partial charge in [-0.3, -0.25) is 0 Å². The van der Waals surface area contributed by atoms with Crippen molar-refractivity contribution in [1.82, 2.24) is 4.98 Å². The Hall–Kier alpha value is -0.890. The van der Waals surface area contributed by atoms with Gasteiger partial charge in [0.25, 0.3) is 0 Å². The summed E-state index contributed by atoms with van der Waals surface area (Å²) in [5, 5.41) is 1.22. The van der Waals surface area contributed by atoms with Crippen LogP contribution in [0.25, 0.3) is 10.2 Å². The van der Waals surface area contributed by atoms with Crippen LogP contribution in [-0.2, 0) is 5.41 Å². The maximum atomic E-state index is 4.60. The average molecular weight is 382 g/mol. The highest BCUT2D eigenvalue weighted by Gasteiger charge is 2.18. The van der Waals surface area contributed by atoms with Gasteiger partial charge in [-0.05, 0) is 23.0 Å². The van der Waals surface area contributed by atoms with Crippen LogP contribution in [0.5, 0.6) is 0 Å². The molecule has 0 radical (unpaired) electrons. The highest BCUT2D eigenvalue weighted by atomic mass is 32.1. The molecule has 1 nitrogen and oxygen atoms in total. The number of hydrogen-bond acceptors (Lipinski definition) is 2. The Bertz CT molecular complexity index is 518. The molecule has 0 N–H and O–H groups in total. The number of fused-ring (bicyclic) bond motifs is 1. The molecule has 0 saturated carbocycles. The molecule has 1 aromatic heterocycles. The van der Waals surface area contributed by atoms with Crippen molar-refractivity contribution >= 4 is 21.6 Å². The molecule has 0 fully saturated rings. The van der Waals surface area contributed by atoms with Gasteiger partial charge in [-0.25, -0.2) is 4.98 Å². The molecule has 0 bridgehead atoms. The number of thiazole rings is 1. The molecule has 0 aliphatic carbocycles. The number of benzene rings is 1. The van der Waals surface area contributed by atoms with Crippen molar-refractivity contribution in [2.24, 2.45) is 10.8 Å². The monoisotopic (exact) mass is 381 g/mol. The third-order valence-electron chi connectivity index (χ3n) is 1.94. The fraction of sp³-hybridized carbons (Fsp3) is 0.708. The van der Waals surface area contributed by atoms with Gasteiger partial charge >= 0.3 is 0 Å². The molecule has 2 heteroatoms. The zero-order valence-corrected chi connectivity index (χ0v) is 20.0. The van der Waals surface area contributed by atoms with E-state index in [1.165, 1.54) is 9.71 Å².